The standard InChI is InChI=1S/C19H12IN2/c1-3-14-16(21-9-1)7-5-12-11-13-6-8-17-15(4-2-10-22-17)19(13)20-18(12)14/h1-10H,11H2/q+1. The molecule has 2 aromatic heterocycles. The van der Waals surface area contributed by atoms with E-state index in [1.165, 1.54) is 29.0 Å². The van der Waals surface area contributed by atoms with Crippen LogP contribution >= 0.6 is 0 Å². The topological polar surface area (TPSA) is 25.8 Å². The molecule has 104 valence electrons. The Balaban J connectivity index is 1.80. The second kappa shape index (κ2) is 4.74. The summed E-state index contributed by atoms with van der Waals surface area (Å²) in [4.78, 5) is 9.03. The van der Waals surface area contributed by atoms with E-state index < -0.39 is 0 Å². The average Bonchev–Trinajstić information content (AvgIpc) is 2.60. The molecule has 2 nitrogen and oxygen atoms in total. The van der Waals surface area contributed by atoms with Gasteiger partial charge in [-0.25, -0.2) is 0 Å². The zero-order chi connectivity index (χ0) is 14.5. The first-order valence-corrected chi connectivity index (χ1v) is 9.44. The van der Waals surface area contributed by atoms with Crippen LogP contribution in [0.2, 0.25) is 0 Å². The Hall–Kier alpha value is -2.01. The second-order valence-corrected chi connectivity index (χ2v) is 8.19. The van der Waals surface area contributed by atoms with E-state index in [1.54, 1.807) is 0 Å². The molecule has 1 aliphatic heterocycles. The van der Waals surface area contributed by atoms with E-state index >= 15 is 0 Å². The van der Waals surface area contributed by atoms with Crippen LogP contribution in [0.25, 0.3) is 21.8 Å². The Morgan fingerprint density at radius 3 is 1.77 bits per heavy atom. The van der Waals surface area contributed by atoms with Gasteiger partial charge in [0.05, 0.1) is 21.8 Å². The molecule has 0 spiro atoms. The van der Waals surface area contributed by atoms with Crippen LogP contribution in [0.3, 0.4) is 0 Å². The van der Waals surface area contributed by atoms with Gasteiger partial charge in [-0.1, -0.05) is 12.1 Å². The van der Waals surface area contributed by atoms with Crippen molar-refractivity contribution in [3.05, 3.63) is 79.2 Å². The number of nitrogens with zero attached hydrogens (tertiary/aromatic N) is 2. The summed E-state index contributed by atoms with van der Waals surface area (Å²) < 4.78 is 3.07. The van der Waals surface area contributed by atoms with Crippen molar-refractivity contribution in [3.8, 4) is 0 Å². The number of fused-ring (bicyclic) bond motifs is 6. The van der Waals surface area contributed by atoms with E-state index in [4.69, 9.17) is 0 Å². The minimum atomic E-state index is -0.209. The molecule has 0 saturated heterocycles. The second-order valence-electron chi connectivity index (χ2n) is 5.49. The molecule has 0 aliphatic carbocycles. The predicted octanol–water partition coefficient (Wildman–Crippen LogP) is 0.816. The lowest BCUT2D eigenvalue weighted by molar-refractivity contribution is -0.596. The van der Waals surface area contributed by atoms with Gasteiger partial charge in [-0.3, -0.25) is 9.97 Å². The van der Waals surface area contributed by atoms with Crippen molar-refractivity contribution in [1.29, 1.82) is 0 Å². The molecule has 4 aromatic rings. The third-order valence-electron chi connectivity index (χ3n) is 4.17. The van der Waals surface area contributed by atoms with Crippen LogP contribution in [0.1, 0.15) is 11.1 Å². The van der Waals surface area contributed by atoms with Crippen LogP contribution < -0.4 is 21.2 Å². The molecule has 3 heterocycles. The Labute approximate surface area is 138 Å². The first kappa shape index (κ1) is 12.5. The molecule has 5 rings (SSSR count). The highest BCUT2D eigenvalue weighted by Gasteiger charge is 2.33. The fourth-order valence-corrected chi connectivity index (χ4v) is 6.59. The number of rotatable bonds is 0. The number of hydrogen-bond acceptors (Lipinski definition) is 2. The molecule has 0 saturated carbocycles. The van der Waals surface area contributed by atoms with Crippen molar-refractivity contribution >= 4 is 21.8 Å². The van der Waals surface area contributed by atoms with Crippen molar-refractivity contribution < 1.29 is 21.2 Å². The fourth-order valence-electron chi connectivity index (χ4n) is 3.12. The molecule has 22 heavy (non-hydrogen) atoms. The summed E-state index contributed by atoms with van der Waals surface area (Å²) in [6, 6.07) is 17.4. The first-order chi connectivity index (χ1) is 10.9. The summed E-state index contributed by atoms with van der Waals surface area (Å²) in [6.45, 7) is 0. The lowest BCUT2D eigenvalue weighted by Gasteiger charge is -2.12. The van der Waals surface area contributed by atoms with E-state index in [0.717, 1.165) is 17.5 Å². The Morgan fingerprint density at radius 2 is 1.23 bits per heavy atom. The van der Waals surface area contributed by atoms with E-state index in [1.807, 2.05) is 24.5 Å². The Morgan fingerprint density at radius 1 is 0.682 bits per heavy atom. The smallest absolute Gasteiger partial charge is 0.256 e. The summed E-state index contributed by atoms with van der Waals surface area (Å²) >= 11 is -0.209. The minimum Gasteiger partial charge on any atom is -0.256 e. The van der Waals surface area contributed by atoms with Gasteiger partial charge in [0.1, 0.15) is 0 Å². The van der Waals surface area contributed by atoms with Crippen LogP contribution in [0.5, 0.6) is 0 Å². The van der Waals surface area contributed by atoms with E-state index in [9.17, 15) is 0 Å². The van der Waals surface area contributed by atoms with Gasteiger partial charge < -0.3 is 0 Å². The third-order valence-corrected chi connectivity index (χ3v) is 7.80. The maximum absolute atomic E-state index is 4.51. The molecule has 3 heteroatoms. The molecule has 0 amide bonds. The molecule has 0 atom stereocenters. The zero-order valence-electron chi connectivity index (χ0n) is 11.8. The molecule has 2 aromatic carbocycles. The zero-order valence-corrected chi connectivity index (χ0v) is 13.9. The van der Waals surface area contributed by atoms with Crippen LogP contribution in [0.4, 0.5) is 0 Å². The normalized spacial score (nSPS) is 13.1. The Bertz CT molecular complexity index is 957. The van der Waals surface area contributed by atoms with E-state index in [-0.39, 0.29) is 21.2 Å². The van der Waals surface area contributed by atoms with E-state index in [2.05, 4.69) is 46.4 Å². The van der Waals surface area contributed by atoms with Gasteiger partial charge in [0.25, 0.3) is 0 Å². The maximum atomic E-state index is 4.51. The molecule has 0 bridgehead atoms. The van der Waals surface area contributed by atoms with E-state index in [0.29, 0.717) is 0 Å². The van der Waals surface area contributed by atoms with Crippen LogP contribution in [0.15, 0.2) is 60.9 Å². The van der Waals surface area contributed by atoms with Gasteiger partial charge in [0, 0.05) is 29.9 Å². The third kappa shape index (κ3) is 1.78. The number of benzene rings is 2. The van der Waals surface area contributed by atoms with Crippen molar-refractivity contribution in [3.63, 3.8) is 0 Å². The fraction of sp³-hybridized carbons (Fsp3) is 0.0526. The van der Waals surface area contributed by atoms with Gasteiger partial charge in [-0.05, 0) is 36.4 Å². The van der Waals surface area contributed by atoms with Crippen LogP contribution in [-0.4, -0.2) is 9.97 Å². The highest BCUT2D eigenvalue weighted by molar-refractivity contribution is 5.81. The molecule has 1 aliphatic rings. The number of hydrogen-bond donors (Lipinski definition) is 0. The SMILES string of the molecule is c1cnc2ccc3c(c2c1)[I+]c1c(ccc2ncccc12)C3. The molecular weight excluding hydrogens is 383 g/mol. The van der Waals surface area contributed by atoms with Gasteiger partial charge in [0.15, 0.2) is 0 Å². The number of halogens is 1. The summed E-state index contributed by atoms with van der Waals surface area (Å²) in [7, 11) is 0. The molecular formula is C19H12IN2+. The summed E-state index contributed by atoms with van der Waals surface area (Å²) in [5, 5.41) is 2.67. The van der Waals surface area contributed by atoms with Crippen LogP contribution in [0, 0.1) is 7.14 Å². The maximum Gasteiger partial charge on any atom is 0.360 e. The lowest BCUT2D eigenvalue weighted by Crippen LogP contribution is -3.62. The average molecular weight is 395 g/mol. The molecule has 0 N–H and O–H groups in total. The number of pyridine rings is 2. The lowest BCUT2D eigenvalue weighted by atomic mass is 10.0. The van der Waals surface area contributed by atoms with Gasteiger partial charge >= 0.3 is 21.2 Å². The minimum absolute atomic E-state index is 0.209. The molecule has 0 unspecified atom stereocenters. The van der Waals surface area contributed by atoms with Crippen molar-refractivity contribution in [2.45, 2.75) is 6.42 Å². The van der Waals surface area contributed by atoms with Crippen molar-refractivity contribution in [1.82, 2.24) is 9.97 Å². The highest BCUT2D eigenvalue weighted by Crippen LogP contribution is 2.22. The first-order valence-electron chi connectivity index (χ1n) is 7.28. The van der Waals surface area contributed by atoms with Crippen LogP contribution in [-0.2, 0) is 6.42 Å². The molecule has 0 radical (unpaired) electrons. The molecule has 0 fully saturated rings. The largest absolute Gasteiger partial charge is 0.360 e. The Kier molecular flexibility index (Phi) is 2.70. The predicted molar refractivity (Wildman–Crippen MR) is 83.7 cm³/mol. The van der Waals surface area contributed by atoms with Gasteiger partial charge in [-0.15, -0.1) is 0 Å². The summed E-state index contributed by atoms with van der Waals surface area (Å²) in [5.74, 6) is 0. The highest BCUT2D eigenvalue weighted by atomic mass is 127. The summed E-state index contributed by atoms with van der Waals surface area (Å²) in [6.07, 6.45) is 4.78. The van der Waals surface area contributed by atoms with Crippen molar-refractivity contribution in [2.75, 3.05) is 0 Å². The quantitative estimate of drug-likeness (QED) is 0.363. The monoisotopic (exact) mass is 395 g/mol. The van der Waals surface area contributed by atoms with Crippen molar-refractivity contribution in [2.24, 2.45) is 0 Å². The summed E-state index contributed by atoms with van der Waals surface area (Å²) in [5.41, 5.74) is 5.18. The number of aromatic nitrogens is 2. The van der Waals surface area contributed by atoms with Gasteiger partial charge in [0.2, 0.25) is 7.14 Å². The van der Waals surface area contributed by atoms with Gasteiger partial charge in [-0.2, -0.15) is 0 Å².